The average molecular weight is 171 g/mol. The number of methoxy groups -OCH3 is 1. The van der Waals surface area contributed by atoms with Crippen LogP contribution in [0.4, 0.5) is 0 Å². The van der Waals surface area contributed by atoms with Gasteiger partial charge in [0.1, 0.15) is 6.61 Å². The molecule has 0 bridgehead atoms. The summed E-state index contributed by atoms with van der Waals surface area (Å²) in [5, 5.41) is 0. The number of hydrogen-bond acceptors (Lipinski definition) is 2. The van der Waals surface area contributed by atoms with Crippen LogP contribution in [0.25, 0.3) is 0 Å². The van der Waals surface area contributed by atoms with Crippen LogP contribution in [-0.2, 0) is 9.53 Å². The molecule has 12 heavy (non-hydrogen) atoms. The first-order valence-electron chi connectivity index (χ1n) is 4.47. The van der Waals surface area contributed by atoms with Gasteiger partial charge in [0.25, 0.3) is 0 Å². The van der Waals surface area contributed by atoms with E-state index in [2.05, 4.69) is 0 Å². The molecule has 3 nitrogen and oxygen atoms in total. The van der Waals surface area contributed by atoms with E-state index < -0.39 is 0 Å². The fourth-order valence-corrected chi connectivity index (χ4v) is 1.40. The lowest BCUT2D eigenvalue weighted by Crippen LogP contribution is -2.36. The van der Waals surface area contributed by atoms with Crippen LogP contribution in [0.3, 0.4) is 0 Å². The summed E-state index contributed by atoms with van der Waals surface area (Å²) in [5.41, 5.74) is 0. The van der Waals surface area contributed by atoms with Crippen molar-refractivity contribution in [3.8, 4) is 0 Å². The number of likely N-dealkylation sites (N-methyl/N-ethyl adjacent to an activating group) is 1. The van der Waals surface area contributed by atoms with Gasteiger partial charge in [-0.15, -0.1) is 0 Å². The molecule has 1 saturated carbocycles. The second-order valence-electron chi connectivity index (χ2n) is 3.50. The first-order valence-corrected chi connectivity index (χ1v) is 4.47. The minimum absolute atomic E-state index is 0.0874. The van der Waals surface area contributed by atoms with E-state index in [4.69, 9.17) is 4.74 Å². The number of rotatable bonds is 4. The monoisotopic (exact) mass is 171 g/mol. The number of hydrogen-bond donors (Lipinski definition) is 0. The van der Waals surface area contributed by atoms with Crippen LogP contribution in [0.5, 0.6) is 0 Å². The van der Waals surface area contributed by atoms with Crippen molar-refractivity contribution in [1.29, 1.82) is 0 Å². The molecule has 3 heteroatoms. The molecule has 0 radical (unpaired) electrons. The van der Waals surface area contributed by atoms with Crippen molar-refractivity contribution in [2.45, 2.75) is 19.3 Å². The van der Waals surface area contributed by atoms with Crippen LogP contribution in [0.15, 0.2) is 0 Å². The summed E-state index contributed by atoms with van der Waals surface area (Å²) < 4.78 is 4.77. The van der Waals surface area contributed by atoms with E-state index in [1.807, 2.05) is 7.05 Å². The number of amides is 1. The molecule has 0 aromatic heterocycles. The fraction of sp³-hybridized carbons (Fsp3) is 0.889. The zero-order valence-electron chi connectivity index (χ0n) is 7.88. The highest BCUT2D eigenvalue weighted by molar-refractivity contribution is 5.77. The Morgan fingerprint density at radius 1 is 1.58 bits per heavy atom. The maximum Gasteiger partial charge on any atom is 0.248 e. The quantitative estimate of drug-likeness (QED) is 0.628. The largest absolute Gasteiger partial charge is 0.375 e. The summed E-state index contributed by atoms with van der Waals surface area (Å²) in [6.45, 7) is 1.12. The highest BCUT2D eigenvalue weighted by Gasteiger charge is 2.20. The molecule has 1 amide bonds. The maximum atomic E-state index is 11.2. The average Bonchev–Trinajstić information content (AvgIpc) is 1.97. The number of nitrogens with zero attached hydrogens (tertiary/aromatic N) is 1. The summed E-state index contributed by atoms with van der Waals surface area (Å²) in [4.78, 5) is 13.0. The van der Waals surface area contributed by atoms with Gasteiger partial charge in [-0.3, -0.25) is 4.79 Å². The smallest absolute Gasteiger partial charge is 0.248 e. The van der Waals surface area contributed by atoms with Gasteiger partial charge in [-0.25, -0.2) is 0 Å². The molecule has 70 valence electrons. The van der Waals surface area contributed by atoms with Gasteiger partial charge in [0.2, 0.25) is 5.91 Å². The first kappa shape index (κ1) is 9.52. The van der Waals surface area contributed by atoms with Crippen molar-refractivity contribution >= 4 is 5.91 Å². The van der Waals surface area contributed by atoms with E-state index in [1.54, 1.807) is 12.0 Å². The zero-order valence-corrected chi connectivity index (χ0v) is 7.88. The SMILES string of the molecule is COCC(=O)N(C)CC1CCC1. The highest BCUT2D eigenvalue weighted by Crippen LogP contribution is 2.26. The van der Waals surface area contributed by atoms with Gasteiger partial charge in [-0.05, 0) is 18.8 Å². The van der Waals surface area contributed by atoms with E-state index >= 15 is 0 Å². The van der Waals surface area contributed by atoms with Crippen molar-refractivity contribution in [2.24, 2.45) is 5.92 Å². The van der Waals surface area contributed by atoms with Gasteiger partial charge >= 0.3 is 0 Å². The Hall–Kier alpha value is -0.570. The summed E-state index contributed by atoms with van der Waals surface area (Å²) >= 11 is 0. The van der Waals surface area contributed by atoms with E-state index in [-0.39, 0.29) is 12.5 Å². The van der Waals surface area contributed by atoms with Crippen LogP contribution < -0.4 is 0 Å². The Kier molecular flexibility index (Phi) is 3.53. The van der Waals surface area contributed by atoms with Gasteiger partial charge in [0, 0.05) is 20.7 Å². The third-order valence-electron chi connectivity index (χ3n) is 2.45. The molecule has 0 unspecified atom stereocenters. The molecular formula is C9H17NO2. The lowest BCUT2D eigenvalue weighted by molar-refractivity contribution is -0.134. The second kappa shape index (κ2) is 4.45. The van der Waals surface area contributed by atoms with Gasteiger partial charge in [-0.2, -0.15) is 0 Å². The Labute approximate surface area is 73.7 Å². The molecule has 0 spiro atoms. The van der Waals surface area contributed by atoms with Crippen molar-refractivity contribution in [1.82, 2.24) is 4.90 Å². The van der Waals surface area contributed by atoms with E-state index in [9.17, 15) is 4.79 Å². The summed E-state index contributed by atoms with van der Waals surface area (Å²) in [7, 11) is 3.40. The molecule has 0 aromatic rings. The van der Waals surface area contributed by atoms with E-state index in [0.29, 0.717) is 0 Å². The van der Waals surface area contributed by atoms with Crippen LogP contribution in [-0.4, -0.2) is 38.1 Å². The van der Waals surface area contributed by atoms with Crippen LogP contribution in [0, 0.1) is 5.92 Å². The van der Waals surface area contributed by atoms with Crippen LogP contribution >= 0.6 is 0 Å². The molecule has 0 N–H and O–H groups in total. The predicted molar refractivity (Wildman–Crippen MR) is 46.9 cm³/mol. The molecule has 0 heterocycles. The predicted octanol–water partition coefficient (Wildman–Crippen LogP) is 0.891. The highest BCUT2D eigenvalue weighted by atomic mass is 16.5. The molecule has 1 fully saturated rings. The minimum Gasteiger partial charge on any atom is -0.375 e. The van der Waals surface area contributed by atoms with Gasteiger partial charge < -0.3 is 9.64 Å². The summed E-state index contributed by atoms with van der Waals surface area (Å²) in [6, 6.07) is 0. The third kappa shape index (κ3) is 2.48. The van der Waals surface area contributed by atoms with Crippen molar-refractivity contribution < 1.29 is 9.53 Å². The fourth-order valence-electron chi connectivity index (χ4n) is 1.40. The van der Waals surface area contributed by atoms with Crippen molar-refractivity contribution in [3.63, 3.8) is 0 Å². The Balaban J connectivity index is 2.16. The number of ether oxygens (including phenoxy) is 1. The molecule has 0 saturated heterocycles. The molecule has 1 aliphatic carbocycles. The Morgan fingerprint density at radius 2 is 2.25 bits per heavy atom. The second-order valence-corrected chi connectivity index (χ2v) is 3.50. The number of carbonyl (C=O) groups is 1. The minimum atomic E-state index is 0.0874. The molecule has 1 rings (SSSR count). The number of carbonyl (C=O) groups excluding carboxylic acids is 1. The van der Waals surface area contributed by atoms with Crippen molar-refractivity contribution in [2.75, 3.05) is 27.3 Å². The molecule has 0 atom stereocenters. The molecule has 0 aromatic carbocycles. The molecule has 1 aliphatic rings. The van der Waals surface area contributed by atoms with E-state index in [0.717, 1.165) is 12.5 Å². The zero-order chi connectivity index (χ0) is 8.97. The van der Waals surface area contributed by atoms with Gasteiger partial charge in [0.15, 0.2) is 0 Å². The lowest BCUT2D eigenvalue weighted by atomic mass is 9.85. The Bertz CT molecular complexity index is 155. The van der Waals surface area contributed by atoms with E-state index in [1.165, 1.54) is 19.3 Å². The first-order chi connectivity index (χ1) is 5.74. The summed E-state index contributed by atoms with van der Waals surface area (Å²) in [5.74, 6) is 0.834. The summed E-state index contributed by atoms with van der Waals surface area (Å²) in [6.07, 6.45) is 3.90. The topological polar surface area (TPSA) is 29.5 Å². The third-order valence-corrected chi connectivity index (χ3v) is 2.45. The van der Waals surface area contributed by atoms with Crippen LogP contribution in [0.1, 0.15) is 19.3 Å². The normalized spacial score (nSPS) is 17.2. The van der Waals surface area contributed by atoms with Crippen molar-refractivity contribution in [3.05, 3.63) is 0 Å². The molecule has 0 aliphatic heterocycles. The standard InChI is InChI=1S/C9H17NO2/c1-10(9(11)7-12-2)6-8-4-3-5-8/h8H,3-7H2,1-2H3. The molecular weight excluding hydrogens is 154 g/mol. The maximum absolute atomic E-state index is 11.2. The Morgan fingerprint density at radius 3 is 2.67 bits per heavy atom. The van der Waals surface area contributed by atoms with Crippen LogP contribution in [0.2, 0.25) is 0 Å². The lowest BCUT2D eigenvalue weighted by Gasteiger charge is -2.29. The van der Waals surface area contributed by atoms with Gasteiger partial charge in [0.05, 0.1) is 0 Å². The van der Waals surface area contributed by atoms with Gasteiger partial charge in [-0.1, -0.05) is 6.42 Å².